The molecule has 90 valence electrons. The number of rotatable bonds is 3. The third-order valence-corrected chi connectivity index (χ3v) is 4.59. The molecule has 2 unspecified atom stereocenters. The van der Waals surface area contributed by atoms with Gasteiger partial charge in [-0.15, -0.1) is 0 Å². The van der Waals surface area contributed by atoms with Crippen LogP contribution in [-0.4, -0.2) is 15.8 Å². The third-order valence-electron chi connectivity index (χ3n) is 3.68. The Hall–Kier alpha value is -0.350. The van der Waals surface area contributed by atoms with Crippen molar-refractivity contribution in [2.24, 2.45) is 18.7 Å². The van der Waals surface area contributed by atoms with E-state index in [2.05, 4.69) is 28.0 Å². The number of hydrogen-bond acceptors (Lipinski definition) is 2. The van der Waals surface area contributed by atoms with Crippen molar-refractivity contribution in [3.05, 3.63) is 15.9 Å². The van der Waals surface area contributed by atoms with Crippen molar-refractivity contribution in [3.8, 4) is 0 Å². The molecule has 4 heteroatoms. The first-order valence-corrected chi connectivity index (χ1v) is 6.88. The van der Waals surface area contributed by atoms with Crippen molar-refractivity contribution in [2.75, 3.05) is 0 Å². The Morgan fingerprint density at radius 2 is 2.25 bits per heavy atom. The Labute approximate surface area is 106 Å². The number of aryl methyl sites for hydroxylation is 2. The second-order valence-corrected chi connectivity index (χ2v) is 5.54. The second kappa shape index (κ2) is 4.88. The van der Waals surface area contributed by atoms with Gasteiger partial charge in [-0.25, -0.2) is 0 Å². The standard InChI is InChI=1S/C12H20BrN3/c1-3-10-12(13)11(16(2)15-10)7-8-5-4-6-9(8)14/h8-9H,3-7,14H2,1-2H3. The Bertz CT molecular complexity index is 373. The minimum absolute atomic E-state index is 0.381. The van der Waals surface area contributed by atoms with Gasteiger partial charge in [-0.1, -0.05) is 13.3 Å². The summed E-state index contributed by atoms with van der Waals surface area (Å²) >= 11 is 3.67. The van der Waals surface area contributed by atoms with Gasteiger partial charge in [0.25, 0.3) is 0 Å². The van der Waals surface area contributed by atoms with E-state index in [1.54, 1.807) is 0 Å². The van der Waals surface area contributed by atoms with Crippen LogP contribution in [0.5, 0.6) is 0 Å². The third kappa shape index (κ3) is 2.18. The molecule has 1 aromatic heterocycles. The summed E-state index contributed by atoms with van der Waals surface area (Å²) in [6.07, 6.45) is 5.76. The van der Waals surface area contributed by atoms with Crippen molar-refractivity contribution < 1.29 is 0 Å². The average Bonchev–Trinajstić information content (AvgIpc) is 2.77. The van der Waals surface area contributed by atoms with E-state index in [0.717, 1.165) is 18.5 Å². The lowest BCUT2D eigenvalue weighted by atomic mass is 9.98. The first kappa shape index (κ1) is 12.1. The predicted octanol–water partition coefficient (Wildman–Crippen LogP) is 2.41. The van der Waals surface area contributed by atoms with E-state index < -0.39 is 0 Å². The molecule has 1 aliphatic rings. The molecule has 0 amide bonds. The van der Waals surface area contributed by atoms with Gasteiger partial charge in [0.15, 0.2) is 0 Å². The van der Waals surface area contributed by atoms with E-state index in [1.165, 1.54) is 29.4 Å². The fourth-order valence-corrected chi connectivity index (χ4v) is 3.39. The molecule has 1 heterocycles. The molecular weight excluding hydrogens is 266 g/mol. The molecule has 2 atom stereocenters. The molecule has 0 aliphatic heterocycles. The van der Waals surface area contributed by atoms with Crippen LogP contribution in [0.2, 0.25) is 0 Å². The normalized spacial score (nSPS) is 25.2. The highest BCUT2D eigenvalue weighted by atomic mass is 79.9. The van der Waals surface area contributed by atoms with Crippen LogP contribution in [0, 0.1) is 5.92 Å². The predicted molar refractivity (Wildman–Crippen MR) is 69.3 cm³/mol. The summed E-state index contributed by atoms with van der Waals surface area (Å²) in [5.41, 5.74) is 8.58. The fraction of sp³-hybridized carbons (Fsp3) is 0.750. The lowest BCUT2D eigenvalue weighted by molar-refractivity contribution is 0.463. The van der Waals surface area contributed by atoms with Crippen LogP contribution in [0.25, 0.3) is 0 Å². The van der Waals surface area contributed by atoms with E-state index in [-0.39, 0.29) is 0 Å². The Morgan fingerprint density at radius 3 is 2.75 bits per heavy atom. The maximum atomic E-state index is 6.12. The van der Waals surface area contributed by atoms with E-state index in [4.69, 9.17) is 5.73 Å². The van der Waals surface area contributed by atoms with E-state index in [1.807, 2.05) is 11.7 Å². The molecular formula is C12H20BrN3. The summed E-state index contributed by atoms with van der Waals surface area (Å²) in [6, 6.07) is 0.381. The minimum Gasteiger partial charge on any atom is -0.327 e. The zero-order valence-corrected chi connectivity index (χ0v) is 11.6. The molecule has 0 saturated heterocycles. The minimum atomic E-state index is 0.381. The first-order valence-electron chi connectivity index (χ1n) is 6.09. The first-order chi connectivity index (χ1) is 7.63. The van der Waals surface area contributed by atoms with Crippen molar-refractivity contribution in [2.45, 2.75) is 45.1 Å². The molecule has 1 aromatic rings. The van der Waals surface area contributed by atoms with E-state index in [0.29, 0.717) is 12.0 Å². The number of aromatic nitrogens is 2. The van der Waals surface area contributed by atoms with Crippen LogP contribution >= 0.6 is 15.9 Å². The maximum absolute atomic E-state index is 6.12. The van der Waals surface area contributed by atoms with Crippen LogP contribution in [0.15, 0.2) is 4.47 Å². The molecule has 0 bridgehead atoms. The van der Waals surface area contributed by atoms with Crippen molar-refractivity contribution in [3.63, 3.8) is 0 Å². The van der Waals surface area contributed by atoms with Crippen LogP contribution in [0.3, 0.4) is 0 Å². The number of halogens is 1. The van der Waals surface area contributed by atoms with Gasteiger partial charge in [0, 0.05) is 13.1 Å². The van der Waals surface area contributed by atoms with E-state index >= 15 is 0 Å². The highest BCUT2D eigenvalue weighted by Crippen LogP contribution is 2.31. The molecule has 0 radical (unpaired) electrons. The SMILES string of the molecule is CCc1nn(C)c(CC2CCCC2N)c1Br. The van der Waals surface area contributed by atoms with Crippen LogP contribution in [0.1, 0.15) is 37.6 Å². The van der Waals surface area contributed by atoms with E-state index in [9.17, 15) is 0 Å². The van der Waals surface area contributed by atoms with Crippen LogP contribution in [0.4, 0.5) is 0 Å². The van der Waals surface area contributed by atoms with Gasteiger partial charge in [0.1, 0.15) is 0 Å². The smallest absolute Gasteiger partial charge is 0.0766 e. The quantitative estimate of drug-likeness (QED) is 0.927. The fourth-order valence-electron chi connectivity index (χ4n) is 2.61. The number of nitrogens with two attached hydrogens (primary N) is 1. The summed E-state index contributed by atoms with van der Waals surface area (Å²) in [7, 11) is 2.03. The number of hydrogen-bond donors (Lipinski definition) is 1. The molecule has 1 aliphatic carbocycles. The summed E-state index contributed by atoms with van der Waals surface area (Å²) in [6.45, 7) is 2.14. The van der Waals surface area contributed by atoms with Gasteiger partial charge < -0.3 is 5.73 Å². The monoisotopic (exact) mass is 285 g/mol. The summed E-state index contributed by atoms with van der Waals surface area (Å²) < 4.78 is 3.20. The largest absolute Gasteiger partial charge is 0.327 e. The zero-order chi connectivity index (χ0) is 11.7. The lowest BCUT2D eigenvalue weighted by Crippen LogP contribution is -2.26. The van der Waals surface area contributed by atoms with Crippen molar-refractivity contribution >= 4 is 15.9 Å². The van der Waals surface area contributed by atoms with Gasteiger partial charge in [-0.2, -0.15) is 5.10 Å². The summed E-state index contributed by atoms with van der Waals surface area (Å²) in [5, 5.41) is 4.52. The van der Waals surface area contributed by atoms with Crippen molar-refractivity contribution in [1.82, 2.24) is 9.78 Å². The topological polar surface area (TPSA) is 43.8 Å². The molecule has 16 heavy (non-hydrogen) atoms. The summed E-state index contributed by atoms with van der Waals surface area (Å²) in [5.74, 6) is 0.636. The lowest BCUT2D eigenvalue weighted by Gasteiger charge is -2.15. The molecule has 1 saturated carbocycles. The zero-order valence-electron chi connectivity index (χ0n) is 10.0. The van der Waals surface area contributed by atoms with Crippen LogP contribution < -0.4 is 5.73 Å². The Morgan fingerprint density at radius 1 is 1.50 bits per heavy atom. The van der Waals surface area contributed by atoms with Crippen LogP contribution in [-0.2, 0) is 19.9 Å². The molecule has 1 fully saturated rings. The van der Waals surface area contributed by atoms with Gasteiger partial charge in [0.05, 0.1) is 15.9 Å². The highest BCUT2D eigenvalue weighted by Gasteiger charge is 2.26. The molecule has 2 N–H and O–H groups in total. The van der Waals surface area contributed by atoms with Crippen molar-refractivity contribution in [1.29, 1.82) is 0 Å². The molecule has 0 spiro atoms. The second-order valence-electron chi connectivity index (χ2n) is 4.74. The van der Waals surface area contributed by atoms with Gasteiger partial charge in [0.2, 0.25) is 0 Å². The highest BCUT2D eigenvalue weighted by molar-refractivity contribution is 9.10. The summed E-state index contributed by atoms with van der Waals surface area (Å²) in [4.78, 5) is 0. The Balaban J connectivity index is 2.17. The van der Waals surface area contributed by atoms with Gasteiger partial charge in [-0.05, 0) is 47.5 Å². The average molecular weight is 286 g/mol. The molecule has 0 aromatic carbocycles. The van der Waals surface area contributed by atoms with Gasteiger partial charge >= 0.3 is 0 Å². The maximum Gasteiger partial charge on any atom is 0.0766 e. The molecule has 3 nitrogen and oxygen atoms in total. The number of nitrogens with zero attached hydrogens (tertiary/aromatic N) is 2. The Kier molecular flexibility index (Phi) is 3.70. The molecule has 2 rings (SSSR count). The van der Waals surface area contributed by atoms with Gasteiger partial charge in [-0.3, -0.25) is 4.68 Å².